The molecule has 2 aromatic rings. The Kier molecular flexibility index (Phi) is 3.30. The molecule has 2 heteroatoms. The second-order valence-corrected chi connectivity index (χ2v) is 4.09. The largest absolute Gasteiger partial charge is 0.0836 e. The third kappa shape index (κ3) is 2.74. The third-order valence-corrected chi connectivity index (χ3v) is 2.74. The minimum Gasteiger partial charge on any atom is -0.0836 e. The van der Waals surface area contributed by atoms with E-state index in [2.05, 4.69) is 18.2 Å². The molecule has 0 aliphatic carbocycles. The van der Waals surface area contributed by atoms with Crippen LogP contribution in [0.5, 0.6) is 0 Å². The summed E-state index contributed by atoms with van der Waals surface area (Å²) in [4.78, 5) is 0. The first-order valence-corrected chi connectivity index (χ1v) is 5.41. The molecule has 0 fully saturated rings. The summed E-state index contributed by atoms with van der Waals surface area (Å²) < 4.78 is 0. The summed E-state index contributed by atoms with van der Waals surface area (Å²) in [5.74, 6) is 0. The van der Waals surface area contributed by atoms with Crippen molar-refractivity contribution >= 4 is 23.2 Å². The van der Waals surface area contributed by atoms with E-state index >= 15 is 0 Å². The van der Waals surface area contributed by atoms with Crippen molar-refractivity contribution in [2.45, 2.75) is 6.42 Å². The average Bonchev–Trinajstić information content (AvgIpc) is 2.24. The van der Waals surface area contributed by atoms with Crippen molar-refractivity contribution in [2.24, 2.45) is 0 Å². The van der Waals surface area contributed by atoms with Crippen molar-refractivity contribution in [2.75, 3.05) is 0 Å². The molecular weight excluding hydrogens is 227 g/mol. The molecule has 0 saturated carbocycles. The van der Waals surface area contributed by atoms with E-state index in [1.165, 1.54) is 5.56 Å². The molecule has 0 amide bonds. The maximum absolute atomic E-state index is 6.04. The Labute approximate surface area is 99.5 Å². The monoisotopic (exact) mass is 235 g/mol. The van der Waals surface area contributed by atoms with Gasteiger partial charge < -0.3 is 0 Å². The van der Waals surface area contributed by atoms with Gasteiger partial charge in [-0.25, -0.2) is 0 Å². The van der Waals surface area contributed by atoms with E-state index in [0.717, 1.165) is 12.0 Å². The van der Waals surface area contributed by atoms with Crippen molar-refractivity contribution < 1.29 is 0 Å². The maximum Gasteiger partial charge on any atom is 0.0535 e. The van der Waals surface area contributed by atoms with Crippen molar-refractivity contribution in [3.8, 4) is 0 Å². The van der Waals surface area contributed by atoms with Gasteiger partial charge in [0, 0.05) is 6.07 Å². The summed E-state index contributed by atoms with van der Waals surface area (Å²) in [6.07, 6.45) is 0.813. The minimum atomic E-state index is 0.553. The topological polar surface area (TPSA) is 0 Å². The highest BCUT2D eigenvalue weighted by Crippen LogP contribution is 2.22. The Morgan fingerprint density at radius 1 is 0.933 bits per heavy atom. The van der Waals surface area contributed by atoms with Gasteiger partial charge in [0.15, 0.2) is 0 Å². The van der Waals surface area contributed by atoms with Gasteiger partial charge in [-0.05, 0) is 23.6 Å². The SMILES string of the molecule is Clc1[c]c(Cl)c(Cc2ccccc2)cc1. The molecule has 0 spiro atoms. The van der Waals surface area contributed by atoms with E-state index in [0.29, 0.717) is 10.0 Å². The van der Waals surface area contributed by atoms with Crippen LogP contribution in [0.15, 0.2) is 42.5 Å². The highest BCUT2D eigenvalue weighted by atomic mass is 35.5. The molecule has 0 unspecified atom stereocenters. The van der Waals surface area contributed by atoms with Gasteiger partial charge in [-0.2, -0.15) is 0 Å². The molecule has 1 radical (unpaired) electrons. The van der Waals surface area contributed by atoms with Crippen LogP contribution in [0.1, 0.15) is 11.1 Å². The molecule has 0 aromatic heterocycles. The van der Waals surface area contributed by atoms with Crippen LogP contribution in [0.4, 0.5) is 0 Å². The number of rotatable bonds is 2. The fourth-order valence-electron chi connectivity index (χ4n) is 1.43. The molecule has 0 saturated heterocycles. The van der Waals surface area contributed by atoms with Crippen LogP contribution in [0.2, 0.25) is 10.0 Å². The molecule has 0 atom stereocenters. The van der Waals surface area contributed by atoms with E-state index < -0.39 is 0 Å². The lowest BCUT2D eigenvalue weighted by Gasteiger charge is -2.04. The fraction of sp³-hybridized carbons (Fsp3) is 0.0769. The molecule has 0 aliphatic heterocycles. The van der Waals surface area contributed by atoms with Crippen molar-refractivity contribution in [1.82, 2.24) is 0 Å². The van der Waals surface area contributed by atoms with Crippen LogP contribution in [-0.4, -0.2) is 0 Å². The Bertz CT molecular complexity index is 449. The van der Waals surface area contributed by atoms with Gasteiger partial charge >= 0.3 is 0 Å². The highest BCUT2D eigenvalue weighted by Gasteiger charge is 2.02. The zero-order valence-corrected chi connectivity index (χ0v) is 9.52. The van der Waals surface area contributed by atoms with Crippen LogP contribution in [0.25, 0.3) is 0 Å². The predicted molar refractivity (Wildman–Crippen MR) is 64.5 cm³/mol. The quantitative estimate of drug-likeness (QED) is 0.725. The van der Waals surface area contributed by atoms with E-state index in [1.54, 1.807) is 0 Å². The first-order chi connectivity index (χ1) is 7.25. The molecule has 15 heavy (non-hydrogen) atoms. The lowest BCUT2D eigenvalue weighted by molar-refractivity contribution is 1.19. The number of hydrogen-bond donors (Lipinski definition) is 0. The molecule has 2 rings (SSSR count). The molecule has 0 N–H and O–H groups in total. The van der Waals surface area contributed by atoms with Gasteiger partial charge in [0.05, 0.1) is 10.0 Å². The molecular formula is C13H9Cl2. The van der Waals surface area contributed by atoms with E-state index in [9.17, 15) is 0 Å². The van der Waals surface area contributed by atoms with Gasteiger partial charge in [0.1, 0.15) is 0 Å². The second kappa shape index (κ2) is 4.69. The first kappa shape index (κ1) is 10.5. The summed E-state index contributed by atoms with van der Waals surface area (Å²) in [5, 5.41) is 1.16. The molecule has 2 aromatic carbocycles. The number of halogens is 2. The predicted octanol–water partition coefficient (Wildman–Crippen LogP) is 4.38. The van der Waals surface area contributed by atoms with Crippen LogP contribution in [-0.2, 0) is 6.42 Å². The maximum atomic E-state index is 6.04. The summed E-state index contributed by atoms with van der Waals surface area (Å²) in [7, 11) is 0. The smallest absolute Gasteiger partial charge is 0.0535 e. The Morgan fingerprint density at radius 2 is 1.67 bits per heavy atom. The van der Waals surface area contributed by atoms with Crippen LogP contribution in [0, 0.1) is 6.07 Å². The van der Waals surface area contributed by atoms with Crippen molar-refractivity contribution in [1.29, 1.82) is 0 Å². The molecule has 0 nitrogen and oxygen atoms in total. The summed E-state index contributed by atoms with van der Waals surface area (Å²) in [6.45, 7) is 0. The zero-order valence-electron chi connectivity index (χ0n) is 8.00. The normalized spacial score (nSPS) is 10.3. The standard InChI is InChI=1S/C13H9Cl2/c14-12-7-6-11(13(15)9-12)8-10-4-2-1-3-5-10/h1-7H,8H2. The molecule has 0 aliphatic rings. The van der Waals surface area contributed by atoms with Gasteiger partial charge in [0.2, 0.25) is 0 Å². The summed E-state index contributed by atoms with van der Waals surface area (Å²) in [5.41, 5.74) is 2.28. The van der Waals surface area contributed by atoms with Crippen molar-refractivity contribution in [3.63, 3.8) is 0 Å². The molecule has 0 bridgehead atoms. The van der Waals surface area contributed by atoms with Crippen LogP contribution >= 0.6 is 23.2 Å². The van der Waals surface area contributed by atoms with Crippen LogP contribution in [0.3, 0.4) is 0 Å². The third-order valence-electron chi connectivity index (χ3n) is 2.18. The first-order valence-electron chi connectivity index (χ1n) is 4.66. The lowest BCUT2D eigenvalue weighted by atomic mass is 10.1. The summed E-state index contributed by atoms with van der Waals surface area (Å²) >= 11 is 11.8. The fourth-order valence-corrected chi connectivity index (χ4v) is 1.86. The Morgan fingerprint density at radius 3 is 2.33 bits per heavy atom. The zero-order chi connectivity index (χ0) is 10.7. The van der Waals surface area contributed by atoms with Gasteiger partial charge in [-0.3, -0.25) is 0 Å². The molecule has 75 valence electrons. The number of benzene rings is 2. The van der Waals surface area contributed by atoms with Gasteiger partial charge in [-0.15, -0.1) is 0 Å². The molecule has 0 heterocycles. The lowest BCUT2D eigenvalue weighted by Crippen LogP contribution is -1.88. The Hall–Kier alpha value is -0.980. The minimum absolute atomic E-state index is 0.553. The number of hydrogen-bond acceptors (Lipinski definition) is 0. The average molecular weight is 236 g/mol. The van der Waals surface area contributed by atoms with E-state index in [4.69, 9.17) is 23.2 Å². The van der Waals surface area contributed by atoms with Gasteiger partial charge in [-0.1, -0.05) is 59.6 Å². The highest BCUT2D eigenvalue weighted by molar-refractivity contribution is 6.34. The second-order valence-electron chi connectivity index (χ2n) is 3.31. The summed E-state index contributed by atoms with van der Waals surface area (Å²) in [6, 6.07) is 16.8. The van der Waals surface area contributed by atoms with Crippen LogP contribution < -0.4 is 0 Å². The Balaban J connectivity index is 2.25. The van der Waals surface area contributed by atoms with Crippen molar-refractivity contribution in [3.05, 3.63) is 69.7 Å². The van der Waals surface area contributed by atoms with E-state index in [-0.39, 0.29) is 0 Å². The van der Waals surface area contributed by atoms with E-state index in [1.807, 2.05) is 30.3 Å². The van der Waals surface area contributed by atoms with Gasteiger partial charge in [0.25, 0.3) is 0 Å².